The zero-order valence-corrected chi connectivity index (χ0v) is 10.9. The van der Waals surface area contributed by atoms with Crippen molar-refractivity contribution in [3.8, 4) is 0 Å². The molecule has 1 aromatic heterocycles. The monoisotopic (exact) mass is 258 g/mol. The first-order valence-electron chi connectivity index (χ1n) is 6.37. The fraction of sp³-hybridized carbons (Fsp3) is 0.286. The van der Waals surface area contributed by atoms with Crippen LogP contribution >= 0.6 is 0 Å². The molecule has 0 radical (unpaired) electrons. The van der Waals surface area contributed by atoms with E-state index in [9.17, 15) is 4.79 Å². The standard InChI is InChI=1S/C14H18N4O/c1-2-11-9-16-18-13(11)17-14(19)12-5-3-10(4-6-12)7-8-15/h3-6,9H,2,7-8,15H2,1H3,(H2,16,17,18,19). The molecule has 0 bridgehead atoms. The Morgan fingerprint density at radius 1 is 1.37 bits per heavy atom. The fourth-order valence-electron chi connectivity index (χ4n) is 1.86. The summed E-state index contributed by atoms with van der Waals surface area (Å²) < 4.78 is 0. The van der Waals surface area contributed by atoms with Gasteiger partial charge >= 0.3 is 0 Å². The lowest BCUT2D eigenvalue weighted by Crippen LogP contribution is -2.13. The van der Waals surface area contributed by atoms with Gasteiger partial charge in [-0.3, -0.25) is 9.89 Å². The second-order valence-corrected chi connectivity index (χ2v) is 4.31. The zero-order valence-electron chi connectivity index (χ0n) is 10.9. The van der Waals surface area contributed by atoms with Gasteiger partial charge in [-0.2, -0.15) is 5.10 Å². The van der Waals surface area contributed by atoms with Gasteiger partial charge in [0.1, 0.15) is 5.82 Å². The van der Waals surface area contributed by atoms with E-state index >= 15 is 0 Å². The van der Waals surface area contributed by atoms with Crippen LogP contribution in [0.4, 0.5) is 5.82 Å². The van der Waals surface area contributed by atoms with Crippen LogP contribution in [0.5, 0.6) is 0 Å². The lowest BCUT2D eigenvalue weighted by Gasteiger charge is -2.05. The molecule has 0 fully saturated rings. The van der Waals surface area contributed by atoms with E-state index in [4.69, 9.17) is 5.73 Å². The lowest BCUT2D eigenvalue weighted by molar-refractivity contribution is 0.102. The fourth-order valence-corrected chi connectivity index (χ4v) is 1.86. The number of rotatable bonds is 5. The summed E-state index contributed by atoms with van der Waals surface area (Å²) in [5.41, 5.74) is 8.24. The van der Waals surface area contributed by atoms with Crippen LogP contribution in [-0.2, 0) is 12.8 Å². The third kappa shape index (κ3) is 3.20. The second kappa shape index (κ2) is 6.15. The van der Waals surface area contributed by atoms with Crippen molar-refractivity contribution in [2.24, 2.45) is 5.73 Å². The Kier molecular flexibility index (Phi) is 4.30. The van der Waals surface area contributed by atoms with Gasteiger partial charge in [0.25, 0.3) is 5.91 Å². The van der Waals surface area contributed by atoms with Crippen LogP contribution in [0, 0.1) is 0 Å². The van der Waals surface area contributed by atoms with Crippen LogP contribution in [0.15, 0.2) is 30.5 Å². The minimum atomic E-state index is -0.141. The molecule has 0 unspecified atom stereocenters. The highest BCUT2D eigenvalue weighted by atomic mass is 16.1. The van der Waals surface area contributed by atoms with Gasteiger partial charge in [0, 0.05) is 11.1 Å². The number of aryl methyl sites for hydroxylation is 1. The van der Waals surface area contributed by atoms with E-state index in [1.54, 1.807) is 6.20 Å². The maximum atomic E-state index is 12.1. The Hall–Kier alpha value is -2.14. The Balaban J connectivity index is 2.07. The Bertz CT molecular complexity index is 545. The van der Waals surface area contributed by atoms with E-state index in [0.717, 1.165) is 24.0 Å². The number of nitrogens with zero attached hydrogens (tertiary/aromatic N) is 1. The van der Waals surface area contributed by atoms with Gasteiger partial charge in [0.05, 0.1) is 6.20 Å². The molecule has 0 saturated heterocycles. The van der Waals surface area contributed by atoms with Crippen molar-refractivity contribution in [2.75, 3.05) is 11.9 Å². The predicted octanol–water partition coefficient (Wildman–Crippen LogP) is 1.73. The highest BCUT2D eigenvalue weighted by Gasteiger charge is 2.09. The molecule has 5 nitrogen and oxygen atoms in total. The summed E-state index contributed by atoms with van der Waals surface area (Å²) in [7, 11) is 0. The van der Waals surface area contributed by atoms with Crippen molar-refractivity contribution in [2.45, 2.75) is 19.8 Å². The van der Waals surface area contributed by atoms with Crippen LogP contribution in [0.25, 0.3) is 0 Å². The number of nitrogens with two attached hydrogens (primary N) is 1. The maximum Gasteiger partial charge on any atom is 0.256 e. The minimum absolute atomic E-state index is 0.141. The average Bonchev–Trinajstić information content (AvgIpc) is 2.87. The SMILES string of the molecule is CCc1cn[nH]c1NC(=O)c1ccc(CCN)cc1. The molecule has 1 amide bonds. The minimum Gasteiger partial charge on any atom is -0.330 e. The normalized spacial score (nSPS) is 10.4. The maximum absolute atomic E-state index is 12.1. The molecule has 4 N–H and O–H groups in total. The summed E-state index contributed by atoms with van der Waals surface area (Å²) >= 11 is 0. The number of carbonyl (C=O) groups is 1. The van der Waals surface area contributed by atoms with E-state index in [0.29, 0.717) is 17.9 Å². The third-order valence-corrected chi connectivity index (χ3v) is 2.99. The molecule has 0 aliphatic carbocycles. The van der Waals surface area contributed by atoms with E-state index in [-0.39, 0.29) is 5.91 Å². The van der Waals surface area contributed by atoms with Crippen molar-refractivity contribution in [3.63, 3.8) is 0 Å². The number of aromatic nitrogens is 2. The van der Waals surface area contributed by atoms with E-state index in [1.165, 1.54) is 0 Å². The van der Waals surface area contributed by atoms with Crippen molar-refractivity contribution in [3.05, 3.63) is 47.2 Å². The first-order valence-corrected chi connectivity index (χ1v) is 6.37. The molecule has 2 rings (SSSR count). The first kappa shape index (κ1) is 13.3. The van der Waals surface area contributed by atoms with Gasteiger partial charge < -0.3 is 11.1 Å². The number of benzene rings is 1. The van der Waals surface area contributed by atoms with Crippen LogP contribution in [-0.4, -0.2) is 22.6 Å². The second-order valence-electron chi connectivity index (χ2n) is 4.31. The van der Waals surface area contributed by atoms with Gasteiger partial charge in [-0.15, -0.1) is 0 Å². The number of carbonyl (C=O) groups excluding carboxylic acids is 1. The quantitative estimate of drug-likeness (QED) is 0.763. The highest BCUT2D eigenvalue weighted by molar-refractivity contribution is 6.04. The third-order valence-electron chi connectivity index (χ3n) is 2.99. The topological polar surface area (TPSA) is 83.8 Å². The summed E-state index contributed by atoms with van der Waals surface area (Å²) in [6, 6.07) is 7.47. The van der Waals surface area contributed by atoms with E-state index < -0.39 is 0 Å². The van der Waals surface area contributed by atoms with Gasteiger partial charge in [-0.05, 0) is 37.1 Å². The highest BCUT2D eigenvalue weighted by Crippen LogP contribution is 2.13. The molecule has 1 aromatic carbocycles. The van der Waals surface area contributed by atoms with Crippen LogP contribution in [0.1, 0.15) is 28.4 Å². The molecule has 0 aliphatic rings. The Labute approximate surface area is 112 Å². The number of aromatic amines is 1. The molecule has 0 spiro atoms. The van der Waals surface area contributed by atoms with Crippen LogP contribution in [0.2, 0.25) is 0 Å². The number of nitrogens with one attached hydrogen (secondary N) is 2. The molecular weight excluding hydrogens is 240 g/mol. The molecule has 0 saturated carbocycles. The first-order chi connectivity index (χ1) is 9.24. The molecule has 1 heterocycles. The summed E-state index contributed by atoms with van der Waals surface area (Å²) in [4.78, 5) is 12.1. The largest absolute Gasteiger partial charge is 0.330 e. The molecule has 2 aromatic rings. The Morgan fingerprint density at radius 2 is 2.11 bits per heavy atom. The van der Waals surface area contributed by atoms with Crippen molar-refractivity contribution in [1.29, 1.82) is 0 Å². The molecule has 0 aliphatic heterocycles. The average molecular weight is 258 g/mol. The number of anilines is 1. The molecule has 0 atom stereocenters. The van der Waals surface area contributed by atoms with E-state index in [2.05, 4.69) is 15.5 Å². The number of H-pyrrole nitrogens is 1. The Morgan fingerprint density at radius 3 is 2.74 bits per heavy atom. The molecule has 5 heteroatoms. The molecule has 100 valence electrons. The van der Waals surface area contributed by atoms with Crippen LogP contribution in [0.3, 0.4) is 0 Å². The van der Waals surface area contributed by atoms with Gasteiger partial charge in [0.2, 0.25) is 0 Å². The van der Waals surface area contributed by atoms with Crippen molar-refractivity contribution >= 4 is 11.7 Å². The van der Waals surface area contributed by atoms with Gasteiger partial charge in [-0.1, -0.05) is 19.1 Å². The number of amides is 1. The molecular formula is C14H18N4O. The smallest absolute Gasteiger partial charge is 0.256 e. The summed E-state index contributed by atoms with van der Waals surface area (Å²) in [5, 5.41) is 9.54. The van der Waals surface area contributed by atoms with E-state index in [1.807, 2.05) is 31.2 Å². The van der Waals surface area contributed by atoms with Gasteiger partial charge in [0.15, 0.2) is 0 Å². The number of hydrogen-bond acceptors (Lipinski definition) is 3. The number of hydrogen-bond donors (Lipinski definition) is 3. The summed E-state index contributed by atoms with van der Waals surface area (Å²) in [6.07, 6.45) is 3.37. The van der Waals surface area contributed by atoms with Crippen molar-refractivity contribution in [1.82, 2.24) is 10.2 Å². The van der Waals surface area contributed by atoms with Crippen LogP contribution < -0.4 is 11.1 Å². The molecule has 19 heavy (non-hydrogen) atoms. The summed E-state index contributed by atoms with van der Waals surface area (Å²) in [6.45, 7) is 2.63. The summed E-state index contributed by atoms with van der Waals surface area (Å²) in [5.74, 6) is 0.525. The predicted molar refractivity (Wildman–Crippen MR) is 75.1 cm³/mol. The zero-order chi connectivity index (χ0) is 13.7. The van der Waals surface area contributed by atoms with Crippen molar-refractivity contribution < 1.29 is 4.79 Å². The van der Waals surface area contributed by atoms with Gasteiger partial charge in [-0.25, -0.2) is 0 Å². The lowest BCUT2D eigenvalue weighted by atomic mass is 10.1.